The van der Waals surface area contributed by atoms with Crippen LogP contribution in [0.15, 0.2) is 0 Å². The fourth-order valence-corrected chi connectivity index (χ4v) is 2.65. The van der Waals surface area contributed by atoms with E-state index in [1.165, 1.54) is 0 Å². The van der Waals surface area contributed by atoms with Crippen LogP contribution in [0.4, 0.5) is 0 Å². The Hall–Kier alpha value is -0.130. The highest BCUT2D eigenvalue weighted by molar-refractivity contribution is 7.92. The van der Waals surface area contributed by atoms with Crippen LogP contribution >= 0.6 is 0 Å². The maximum absolute atomic E-state index is 11.7. The van der Waals surface area contributed by atoms with Crippen molar-refractivity contribution in [2.24, 2.45) is 0 Å². The molecule has 4 nitrogen and oxygen atoms in total. The molecule has 0 spiro atoms. The van der Waals surface area contributed by atoms with E-state index in [0.29, 0.717) is 13.0 Å². The van der Waals surface area contributed by atoms with Crippen molar-refractivity contribution in [2.45, 2.75) is 31.9 Å². The van der Waals surface area contributed by atoms with Crippen molar-refractivity contribution in [1.29, 1.82) is 0 Å². The third-order valence-corrected chi connectivity index (χ3v) is 5.04. The highest BCUT2D eigenvalue weighted by Crippen LogP contribution is 2.04. The van der Waals surface area contributed by atoms with Gasteiger partial charge in [-0.1, -0.05) is 6.92 Å². The van der Waals surface area contributed by atoms with E-state index in [1.807, 2.05) is 21.0 Å². The number of hydrogen-bond donors (Lipinski definition) is 1. The van der Waals surface area contributed by atoms with Crippen LogP contribution in [-0.2, 0) is 9.84 Å². The number of rotatable bonds is 9. The molecule has 0 aromatic heterocycles. The van der Waals surface area contributed by atoms with Crippen LogP contribution in [0.2, 0.25) is 0 Å². The first-order valence-corrected chi connectivity index (χ1v) is 7.68. The Morgan fingerprint density at radius 3 is 2.38 bits per heavy atom. The summed E-state index contributed by atoms with van der Waals surface area (Å²) in [4.78, 5) is 2.12. The van der Waals surface area contributed by atoms with Gasteiger partial charge in [-0.15, -0.1) is 0 Å². The molecule has 0 aliphatic rings. The van der Waals surface area contributed by atoms with Crippen LogP contribution in [0.25, 0.3) is 0 Å². The quantitative estimate of drug-likeness (QED) is 0.613. The zero-order valence-corrected chi connectivity index (χ0v) is 11.8. The van der Waals surface area contributed by atoms with Gasteiger partial charge in [0.25, 0.3) is 0 Å². The Labute approximate surface area is 100 Å². The van der Waals surface area contributed by atoms with Gasteiger partial charge in [0.1, 0.15) is 0 Å². The lowest BCUT2D eigenvalue weighted by atomic mass is 10.4. The Kier molecular flexibility index (Phi) is 7.97. The molecule has 0 heterocycles. The van der Waals surface area contributed by atoms with Gasteiger partial charge in [-0.05, 0) is 47.0 Å². The molecular formula is C11H26N2O2S. The minimum atomic E-state index is -2.89. The zero-order valence-electron chi connectivity index (χ0n) is 11.0. The average molecular weight is 250 g/mol. The summed E-state index contributed by atoms with van der Waals surface area (Å²) in [6.07, 6.45) is 1.75. The lowest BCUT2D eigenvalue weighted by Gasteiger charge is -2.12. The molecule has 1 atom stereocenters. The molecule has 1 unspecified atom stereocenters. The van der Waals surface area contributed by atoms with Gasteiger partial charge in [0.15, 0.2) is 9.84 Å². The minimum absolute atomic E-state index is 0.212. The molecular weight excluding hydrogens is 224 g/mol. The van der Waals surface area contributed by atoms with Crippen LogP contribution < -0.4 is 5.32 Å². The maximum Gasteiger partial charge on any atom is 0.154 e. The van der Waals surface area contributed by atoms with Crippen LogP contribution in [0.5, 0.6) is 0 Å². The summed E-state index contributed by atoms with van der Waals surface area (Å²) < 4.78 is 23.3. The lowest BCUT2D eigenvalue weighted by molar-refractivity contribution is 0.395. The Morgan fingerprint density at radius 1 is 1.25 bits per heavy atom. The van der Waals surface area contributed by atoms with Crippen molar-refractivity contribution in [3.8, 4) is 0 Å². The third kappa shape index (κ3) is 7.19. The third-order valence-electron chi connectivity index (χ3n) is 2.71. The van der Waals surface area contributed by atoms with Gasteiger partial charge in [-0.2, -0.15) is 0 Å². The van der Waals surface area contributed by atoms with Crippen molar-refractivity contribution < 1.29 is 8.42 Å². The molecule has 0 radical (unpaired) electrons. The van der Waals surface area contributed by atoms with E-state index in [0.717, 1.165) is 19.5 Å². The molecule has 0 amide bonds. The second-order valence-corrected chi connectivity index (χ2v) is 7.03. The molecule has 98 valence electrons. The minimum Gasteiger partial charge on any atom is -0.316 e. The smallest absolute Gasteiger partial charge is 0.154 e. The van der Waals surface area contributed by atoms with E-state index in [9.17, 15) is 8.42 Å². The molecule has 0 aliphatic carbocycles. The van der Waals surface area contributed by atoms with Crippen molar-refractivity contribution in [3.63, 3.8) is 0 Å². The Bertz CT molecular complexity index is 263. The molecule has 1 N–H and O–H groups in total. The van der Waals surface area contributed by atoms with Crippen LogP contribution in [-0.4, -0.2) is 58.1 Å². The second-order valence-electron chi connectivity index (χ2n) is 4.49. The monoisotopic (exact) mass is 250 g/mol. The standard InChI is InChI=1S/C11H26N2O2S/c1-5-11(2)16(14,15)10-8-12-7-6-9-13(3)4/h11-12H,5-10H2,1-4H3. The van der Waals surface area contributed by atoms with Gasteiger partial charge in [-0.25, -0.2) is 8.42 Å². The fraction of sp³-hybridized carbons (Fsp3) is 1.00. The van der Waals surface area contributed by atoms with Gasteiger partial charge in [0.05, 0.1) is 11.0 Å². The number of sulfone groups is 1. The predicted molar refractivity (Wildman–Crippen MR) is 69.6 cm³/mol. The Balaban J connectivity index is 3.59. The van der Waals surface area contributed by atoms with Gasteiger partial charge < -0.3 is 10.2 Å². The van der Waals surface area contributed by atoms with E-state index < -0.39 is 9.84 Å². The van der Waals surface area contributed by atoms with Crippen LogP contribution in [0.3, 0.4) is 0 Å². The molecule has 0 aromatic carbocycles. The van der Waals surface area contributed by atoms with Crippen molar-refractivity contribution in [1.82, 2.24) is 10.2 Å². The molecule has 0 saturated carbocycles. The van der Waals surface area contributed by atoms with Crippen LogP contribution in [0.1, 0.15) is 26.7 Å². The summed E-state index contributed by atoms with van der Waals surface area (Å²) in [6, 6.07) is 0. The summed E-state index contributed by atoms with van der Waals surface area (Å²) in [7, 11) is 1.18. The molecule has 0 fully saturated rings. The fourth-order valence-electron chi connectivity index (χ4n) is 1.31. The highest BCUT2D eigenvalue weighted by Gasteiger charge is 2.17. The molecule has 0 aliphatic heterocycles. The first-order chi connectivity index (χ1) is 7.40. The lowest BCUT2D eigenvalue weighted by Crippen LogP contribution is -2.29. The average Bonchev–Trinajstić information content (AvgIpc) is 2.21. The van der Waals surface area contributed by atoms with E-state index in [1.54, 1.807) is 6.92 Å². The number of nitrogens with one attached hydrogen (secondary N) is 1. The zero-order chi connectivity index (χ0) is 12.6. The topological polar surface area (TPSA) is 49.4 Å². The molecule has 0 aromatic rings. The molecule has 0 saturated heterocycles. The Morgan fingerprint density at radius 2 is 1.88 bits per heavy atom. The van der Waals surface area contributed by atoms with E-state index in [2.05, 4.69) is 10.2 Å². The van der Waals surface area contributed by atoms with Crippen molar-refractivity contribution >= 4 is 9.84 Å². The van der Waals surface area contributed by atoms with Crippen molar-refractivity contribution in [2.75, 3.05) is 39.5 Å². The second kappa shape index (κ2) is 8.03. The van der Waals surface area contributed by atoms with Crippen molar-refractivity contribution in [3.05, 3.63) is 0 Å². The first kappa shape index (κ1) is 15.9. The summed E-state index contributed by atoms with van der Waals surface area (Å²) >= 11 is 0. The largest absolute Gasteiger partial charge is 0.316 e. The first-order valence-electron chi connectivity index (χ1n) is 5.97. The predicted octanol–water partition coefficient (Wildman–Crippen LogP) is 0.741. The summed E-state index contributed by atoms with van der Waals surface area (Å²) in [6.45, 7) is 6.17. The summed E-state index contributed by atoms with van der Waals surface area (Å²) in [5, 5.41) is 2.96. The van der Waals surface area contributed by atoms with Gasteiger partial charge in [-0.3, -0.25) is 0 Å². The van der Waals surface area contributed by atoms with Gasteiger partial charge in [0, 0.05) is 6.54 Å². The molecule has 16 heavy (non-hydrogen) atoms. The SMILES string of the molecule is CCC(C)S(=O)(=O)CCNCCCN(C)C. The van der Waals surface area contributed by atoms with E-state index in [4.69, 9.17) is 0 Å². The van der Waals surface area contributed by atoms with Gasteiger partial charge >= 0.3 is 0 Å². The highest BCUT2D eigenvalue weighted by atomic mass is 32.2. The van der Waals surface area contributed by atoms with Crippen LogP contribution in [0, 0.1) is 0 Å². The molecule has 0 rings (SSSR count). The number of nitrogens with zero attached hydrogens (tertiary/aromatic N) is 1. The normalized spacial score (nSPS) is 14.3. The molecule has 5 heteroatoms. The van der Waals surface area contributed by atoms with Gasteiger partial charge in [0.2, 0.25) is 0 Å². The van der Waals surface area contributed by atoms with E-state index in [-0.39, 0.29) is 11.0 Å². The van der Waals surface area contributed by atoms with E-state index >= 15 is 0 Å². The maximum atomic E-state index is 11.7. The molecule has 0 bridgehead atoms. The summed E-state index contributed by atoms with van der Waals surface area (Å²) in [5.74, 6) is 0.254. The number of hydrogen-bond acceptors (Lipinski definition) is 4. The summed E-state index contributed by atoms with van der Waals surface area (Å²) in [5.41, 5.74) is 0.